The number of hydrogen-bond acceptors (Lipinski definition) is 5. The fraction of sp³-hybridized carbons (Fsp3) is 0.167. The average Bonchev–Trinajstić information content (AvgIpc) is 2.86. The number of carbonyl (C=O) groups excluding carboxylic acids is 2. The van der Waals surface area contributed by atoms with Crippen LogP contribution in [0.4, 0.5) is 4.39 Å². The van der Waals surface area contributed by atoms with E-state index in [0.717, 1.165) is 6.07 Å². The van der Waals surface area contributed by atoms with Crippen molar-refractivity contribution in [3.05, 3.63) is 65.2 Å². The molecule has 1 aromatic heterocycles. The van der Waals surface area contributed by atoms with Crippen molar-refractivity contribution in [2.45, 2.75) is 6.04 Å². The van der Waals surface area contributed by atoms with E-state index in [0.29, 0.717) is 5.56 Å². The fourth-order valence-electron chi connectivity index (χ4n) is 2.89. The van der Waals surface area contributed by atoms with Gasteiger partial charge in [-0.2, -0.15) is 0 Å². The summed E-state index contributed by atoms with van der Waals surface area (Å²) in [7, 11) is 2.83. The van der Waals surface area contributed by atoms with Crippen LogP contribution in [0, 0.1) is 5.82 Å². The zero-order valence-electron chi connectivity index (χ0n) is 13.6. The van der Waals surface area contributed by atoms with Crippen molar-refractivity contribution < 1.29 is 23.8 Å². The first-order valence-corrected chi connectivity index (χ1v) is 7.44. The summed E-state index contributed by atoms with van der Waals surface area (Å²) in [4.78, 5) is 29.7. The summed E-state index contributed by atoms with van der Waals surface area (Å²) in [6.45, 7) is 0. The van der Waals surface area contributed by atoms with Crippen LogP contribution >= 0.6 is 0 Å². The number of pyridine rings is 1. The second-order valence-corrected chi connectivity index (χ2v) is 5.54. The SMILES string of the molecule is COc1ccc(F)cc1/C(O)=C1\C(=O)C(=O)N(C)C1c1ccncc1. The van der Waals surface area contributed by atoms with Gasteiger partial charge in [0.1, 0.15) is 17.3 Å². The van der Waals surface area contributed by atoms with Gasteiger partial charge >= 0.3 is 0 Å². The quantitative estimate of drug-likeness (QED) is 0.526. The van der Waals surface area contributed by atoms with Gasteiger partial charge in [-0.25, -0.2) is 4.39 Å². The van der Waals surface area contributed by atoms with Crippen LogP contribution in [0.1, 0.15) is 17.2 Å². The minimum atomic E-state index is -0.840. The Morgan fingerprint density at radius 1 is 1.24 bits per heavy atom. The number of rotatable bonds is 3. The van der Waals surface area contributed by atoms with Gasteiger partial charge < -0.3 is 14.7 Å². The first kappa shape index (κ1) is 16.6. The van der Waals surface area contributed by atoms with Gasteiger partial charge in [0.2, 0.25) is 0 Å². The summed E-state index contributed by atoms with van der Waals surface area (Å²) in [5.41, 5.74) is 0.490. The molecule has 1 N–H and O–H groups in total. The van der Waals surface area contributed by atoms with Gasteiger partial charge in [-0.1, -0.05) is 0 Å². The molecule has 2 aromatic rings. The number of benzene rings is 1. The number of hydrogen-bond donors (Lipinski definition) is 1. The Hall–Kier alpha value is -3.22. The molecule has 0 bridgehead atoms. The highest BCUT2D eigenvalue weighted by Gasteiger charge is 2.44. The van der Waals surface area contributed by atoms with Crippen LogP contribution in [-0.2, 0) is 9.59 Å². The molecule has 1 amide bonds. The number of ether oxygens (including phenoxy) is 1. The van der Waals surface area contributed by atoms with Gasteiger partial charge in [0, 0.05) is 19.4 Å². The van der Waals surface area contributed by atoms with E-state index in [4.69, 9.17) is 4.74 Å². The second kappa shape index (κ2) is 6.35. The lowest BCUT2D eigenvalue weighted by molar-refractivity contribution is -0.139. The van der Waals surface area contributed by atoms with E-state index in [1.807, 2.05) is 0 Å². The number of carbonyl (C=O) groups is 2. The van der Waals surface area contributed by atoms with E-state index in [1.54, 1.807) is 12.1 Å². The molecule has 1 aliphatic rings. The van der Waals surface area contributed by atoms with Crippen LogP contribution in [0.2, 0.25) is 0 Å². The van der Waals surface area contributed by atoms with Gasteiger partial charge in [-0.15, -0.1) is 0 Å². The van der Waals surface area contributed by atoms with Crippen molar-refractivity contribution in [2.24, 2.45) is 0 Å². The summed E-state index contributed by atoms with van der Waals surface area (Å²) in [6, 6.07) is 6.06. The van der Waals surface area contributed by atoms with Gasteiger partial charge in [0.25, 0.3) is 11.7 Å². The third-order valence-electron chi connectivity index (χ3n) is 4.11. The molecule has 7 heteroatoms. The lowest BCUT2D eigenvalue weighted by Crippen LogP contribution is -2.24. The fourth-order valence-corrected chi connectivity index (χ4v) is 2.89. The van der Waals surface area contributed by atoms with Gasteiger partial charge in [0.05, 0.1) is 24.3 Å². The molecular weight excluding hydrogens is 327 g/mol. The zero-order valence-corrected chi connectivity index (χ0v) is 13.6. The second-order valence-electron chi connectivity index (χ2n) is 5.54. The molecule has 0 saturated carbocycles. The predicted octanol–water partition coefficient (Wildman–Crippen LogP) is 2.28. The molecule has 1 unspecified atom stereocenters. The Labute approximate surface area is 143 Å². The third-order valence-corrected chi connectivity index (χ3v) is 4.11. The summed E-state index contributed by atoms with van der Waals surface area (Å²) in [5.74, 6) is -2.49. The standard InChI is InChI=1S/C18H15FN2O4/c1-21-15(10-5-7-20-8-6-10)14(17(23)18(21)24)16(22)12-9-11(19)3-4-13(12)25-2/h3-9,15,22H,1-2H3/b16-14+. The summed E-state index contributed by atoms with van der Waals surface area (Å²) >= 11 is 0. The molecule has 25 heavy (non-hydrogen) atoms. The van der Waals surface area contributed by atoms with Crippen LogP contribution < -0.4 is 4.74 Å². The highest BCUT2D eigenvalue weighted by molar-refractivity contribution is 6.46. The normalized spacial score (nSPS) is 19.3. The lowest BCUT2D eigenvalue weighted by atomic mass is 9.96. The number of amides is 1. The molecule has 1 aliphatic heterocycles. The van der Waals surface area contributed by atoms with Crippen molar-refractivity contribution in [1.29, 1.82) is 0 Å². The van der Waals surface area contributed by atoms with Crippen LogP contribution in [0.25, 0.3) is 5.76 Å². The Kier molecular flexibility index (Phi) is 4.22. The molecule has 0 aliphatic carbocycles. The number of nitrogens with zero attached hydrogens (tertiary/aromatic N) is 2. The first-order chi connectivity index (χ1) is 12.0. The highest BCUT2D eigenvalue weighted by Crippen LogP contribution is 2.39. The topological polar surface area (TPSA) is 79.7 Å². The number of aliphatic hydroxyl groups excluding tert-OH is 1. The van der Waals surface area contributed by atoms with E-state index in [9.17, 15) is 19.1 Å². The van der Waals surface area contributed by atoms with Gasteiger partial charge in [-0.3, -0.25) is 14.6 Å². The number of Topliss-reactive ketones (excluding diaryl/α,β-unsaturated/α-hetero) is 1. The monoisotopic (exact) mass is 342 g/mol. The average molecular weight is 342 g/mol. The van der Waals surface area contributed by atoms with E-state index in [-0.39, 0.29) is 16.9 Å². The van der Waals surface area contributed by atoms with Crippen LogP contribution in [0.15, 0.2) is 48.3 Å². The Bertz CT molecular complexity index is 880. The zero-order chi connectivity index (χ0) is 18.1. The molecule has 0 spiro atoms. The Morgan fingerprint density at radius 2 is 1.92 bits per heavy atom. The minimum Gasteiger partial charge on any atom is -0.507 e. The number of ketones is 1. The number of likely N-dealkylation sites (tertiary alicyclic amines) is 1. The van der Waals surface area contributed by atoms with E-state index < -0.39 is 29.3 Å². The van der Waals surface area contributed by atoms with E-state index in [1.165, 1.54) is 43.6 Å². The van der Waals surface area contributed by atoms with Gasteiger partial charge in [-0.05, 0) is 35.9 Å². The maximum absolute atomic E-state index is 13.6. The Balaban J connectivity index is 2.24. The number of methoxy groups -OCH3 is 1. The molecule has 1 saturated heterocycles. The highest BCUT2D eigenvalue weighted by atomic mass is 19.1. The van der Waals surface area contributed by atoms with Crippen LogP contribution in [-0.4, -0.2) is 40.8 Å². The summed E-state index contributed by atoms with van der Waals surface area (Å²) in [6.07, 6.45) is 3.04. The van der Waals surface area contributed by atoms with Crippen molar-refractivity contribution in [1.82, 2.24) is 9.88 Å². The molecule has 0 radical (unpaired) electrons. The maximum Gasteiger partial charge on any atom is 0.295 e. The number of halogens is 1. The number of likely N-dealkylation sites (N-methyl/N-ethyl adjacent to an activating group) is 1. The molecule has 1 atom stereocenters. The van der Waals surface area contributed by atoms with E-state index >= 15 is 0 Å². The number of aromatic nitrogens is 1. The predicted molar refractivity (Wildman–Crippen MR) is 87.3 cm³/mol. The smallest absolute Gasteiger partial charge is 0.295 e. The molecular formula is C18H15FN2O4. The Morgan fingerprint density at radius 3 is 2.56 bits per heavy atom. The molecule has 128 valence electrons. The molecule has 1 aromatic carbocycles. The number of aliphatic hydroxyl groups is 1. The van der Waals surface area contributed by atoms with Crippen molar-refractivity contribution in [3.63, 3.8) is 0 Å². The maximum atomic E-state index is 13.6. The van der Waals surface area contributed by atoms with Crippen molar-refractivity contribution >= 4 is 17.4 Å². The molecule has 6 nitrogen and oxygen atoms in total. The first-order valence-electron chi connectivity index (χ1n) is 7.44. The molecule has 1 fully saturated rings. The van der Waals surface area contributed by atoms with Gasteiger partial charge in [0.15, 0.2) is 0 Å². The van der Waals surface area contributed by atoms with E-state index in [2.05, 4.69) is 4.98 Å². The largest absolute Gasteiger partial charge is 0.507 e. The minimum absolute atomic E-state index is 0.00741. The van der Waals surface area contributed by atoms with Crippen LogP contribution in [0.3, 0.4) is 0 Å². The van der Waals surface area contributed by atoms with Crippen molar-refractivity contribution in [2.75, 3.05) is 14.2 Å². The lowest BCUT2D eigenvalue weighted by Gasteiger charge is -2.21. The molecule has 2 heterocycles. The van der Waals surface area contributed by atoms with Crippen molar-refractivity contribution in [3.8, 4) is 5.75 Å². The molecule has 3 rings (SSSR count). The summed E-state index contributed by atoms with van der Waals surface area (Å²) < 4.78 is 18.8. The summed E-state index contributed by atoms with van der Waals surface area (Å²) in [5, 5.41) is 10.7. The van der Waals surface area contributed by atoms with Crippen LogP contribution in [0.5, 0.6) is 5.75 Å². The third kappa shape index (κ3) is 2.73.